The van der Waals surface area contributed by atoms with E-state index in [1.807, 2.05) is 0 Å². The molecule has 0 amide bonds. The van der Waals surface area contributed by atoms with Crippen LogP contribution in [0.5, 0.6) is 0 Å². The SMILES string of the molecule is CN(C)CC(CN)C1CCCCC1. The fourth-order valence-corrected chi connectivity index (χ4v) is 2.49. The van der Waals surface area contributed by atoms with E-state index in [9.17, 15) is 0 Å². The molecule has 1 atom stereocenters. The van der Waals surface area contributed by atoms with Crippen LogP contribution in [-0.4, -0.2) is 32.1 Å². The molecule has 1 rings (SSSR count). The number of nitrogens with two attached hydrogens (primary N) is 1. The standard InChI is InChI=1S/C11H24N2/c1-13(2)9-11(8-12)10-6-4-3-5-7-10/h10-11H,3-9,12H2,1-2H3. The van der Waals surface area contributed by atoms with E-state index in [4.69, 9.17) is 5.73 Å². The van der Waals surface area contributed by atoms with E-state index in [0.29, 0.717) is 0 Å². The van der Waals surface area contributed by atoms with Gasteiger partial charge in [0.1, 0.15) is 0 Å². The topological polar surface area (TPSA) is 29.3 Å². The second-order valence-corrected chi connectivity index (χ2v) is 4.66. The van der Waals surface area contributed by atoms with E-state index in [-0.39, 0.29) is 0 Å². The fraction of sp³-hybridized carbons (Fsp3) is 1.00. The largest absolute Gasteiger partial charge is 0.330 e. The highest BCUT2D eigenvalue weighted by atomic mass is 15.1. The van der Waals surface area contributed by atoms with Crippen molar-refractivity contribution in [2.75, 3.05) is 27.2 Å². The summed E-state index contributed by atoms with van der Waals surface area (Å²) in [5.74, 6) is 1.64. The van der Waals surface area contributed by atoms with E-state index in [1.54, 1.807) is 0 Å². The predicted octanol–water partition coefficient (Wildman–Crippen LogP) is 1.70. The summed E-state index contributed by atoms with van der Waals surface area (Å²) in [5, 5.41) is 0. The molecule has 2 nitrogen and oxygen atoms in total. The molecule has 0 saturated heterocycles. The van der Waals surface area contributed by atoms with Crippen LogP contribution in [0.15, 0.2) is 0 Å². The Labute approximate surface area is 82.5 Å². The third-order valence-electron chi connectivity index (χ3n) is 3.22. The van der Waals surface area contributed by atoms with E-state index >= 15 is 0 Å². The van der Waals surface area contributed by atoms with Crippen molar-refractivity contribution in [1.82, 2.24) is 4.90 Å². The van der Waals surface area contributed by atoms with Gasteiger partial charge in [0, 0.05) is 6.54 Å². The number of hydrogen-bond donors (Lipinski definition) is 1. The summed E-state index contributed by atoms with van der Waals surface area (Å²) in [7, 11) is 4.29. The molecular formula is C11H24N2. The summed E-state index contributed by atoms with van der Waals surface area (Å²) in [5.41, 5.74) is 5.83. The molecule has 1 aliphatic rings. The Kier molecular flexibility index (Phi) is 4.74. The Bertz CT molecular complexity index is 128. The summed E-state index contributed by atoms with van der Waals surface area (Å²) in [4.78, 5) is 2.27. The molecule has 2 N–H and O–H groups in total. The van der Waals surface area contributed by atoms with Crippen molar-refractivity contribution < 1.29 is 0 Å². The summed E-state index contributed by atoms with van der Waals surface area (Å²) in [6, 6.07) is 0. The van der Waals surface area contributed by atoms with Crippen LogP contribution in [0.4, 0.5) is 0 Å². The summed E-state index contributed by atoms with van der Waals surface area (Å²) < 4.78 is 0. The molecule has 0 aliphatic heterocycles. The molecule has 1 fully saturated rings. The molecule has 2 heteroatoms. The monoisotopic (exact) mass is 184 g/mol. The van der Waals surface area contributed by atoms with Crippen molar-refractivity contribution in [3.63, 3.8) is 0 Å². The first-order valence-electron chi connectivity index (χ1n) is 5.59. The molecule has 0 aromatic rings. The Morgan fingerprint density at radius 2 is 1.85 bits per heavy atom. The van der Waals surface area contributed by atoms with Crippen LogP contribution < -0.4 is 5.73 Å². The lowest BCUT2D eigenvalue weighted by atomic mass is 9.80. The maximum atomic E-state index is 5.83. The highest BCUT2D eigenvalue weighted by Gasteiger charge is 2.22. The van der Waals surface area contributed by atoms with Gasteiger partial charge in [0.25, 0.3) is 0 Å². The van der Waals surface area contributed by atoms with Crippen LogP contribution in [0, 0.1) is 11.8 Å². The summed E-state index contributed by atoms with van der Waals surface area (Å²) in [6.45, 7) is 2.03. The van der Waals surface area contributed by atoms with E-state index in [1.165, 1.54) is 38.6 Å². The number of nitrogens with zero attached hydrogens (tertiary/aromatic N) is 1. The van der Waals surface area contributed by atoms with Crippen LogP contribution in [-0.2, 0) is 0 Å². The van der Waals surface area contributed by atoms with Crippen molar-refractivity contribution >= 4 is 0 Å². The van der Waals surface area contributed by atoms with E-state index < -0.39 is 0 Å². The highest BCUT2D eigenvalue weighted by Crippen LogP contribution is 2.29. The molecule has 1 aliphatic carbocycles. The van der Waals surface area contributed by atoms with Crippen LogP contribution in [0.2, 0.25) is 0 Å². The quantitative estimate of drug-likeness (QED) is 0.720. The van der Waals surface area contributed by atoms with Gasteiger partial charge in [-0.1, -0.05) is 32.1 Å². The maximum Gasteiger partial charge on any atom is 0.00183 e. The van der Waals surface area contributed by atoms with E-state index in [0.717, 1.165) is 18.4 Å². The third-order valence-corrected chi connectivity index (χ3v) is 3.22. The summed E-state index contributed by atoms with van der Waals surface area (Å²) in [6.07, 6.45) is 7.12. The maximum absolute atomic E-state index is 5.83. The molecule has 0 aromatic heterocycles. The first-order chi connectivity index (χ1) is 6.24. The van der Waals surface area contributed by atoms with Gasteiger partial charge in [0.05, 0.1) is 0 Å². The zero-order chi connectivity index (χ0) is 9.68. The molecule has 0 bridgehead atoms. The van der Waals surface area contributed by atoms with Gasteiger partial charge >= 0.3 is 0 Å². The lowest BCUT2D eigenvalue weighted by Crippen LogP contribution is -2.34. The molecule has 78 valence electrons. The van der Waals surface area contributed by atoms with Gasteiger partial charge in [0.15, 0.2) is 0 Å². The predicted molar refractivity (Wildman–Crippen MR) is 57.7 cm³/mol. The highest BCUT2D eigenvalue weighted by molar-refractivity contribution is 4.76. The van der Waals surface area contributed by atoms with Crippen molar-refractivity contribution in [3.8, 4) is 0 Å². The van der Waals surface area contributed by atoms with Gasteiger partial charge in [-0.05, 0) is 32.5 Å². The normalized spacial score (nSPS) is 22.2. The molecule has 0 radical (unpaired) electrons. The Hall–Kier alpha value is -0.0800. The van der Waals surface area contributed by atoms with Crippen LogP contribution in [0.3, 0.4) is 0 Å². The zero-order valence-corrected chi connectivity index (χ0v) is 9.13. The average Bonchev–Trinajstić information content (AvgIpc) is 2.15. The second kappa shape index (κ2) is 5.61. The van der Waals surface area contributed by atoms with Gasteiger partial charge in [-0.3, -0.25) is 0 Å². The molecule has 0 spiro atoms. The minimum Gasteiger partial charge on any atom is -0.330 e. The minimum absolute atomic E-state index is 0.732. The van der Waals surface area contributed by atoms with Crippen molar-refractivity contribution in [1.29, 1.82) is 0 Å². The van der Waals surface area contributed by atoms with Crippen LogP contribution in [0.25, 0.3) is 0 Å². The fourth-order valence-electron chi connectivity index (χ4n) is 2.49. The molecule has 0 heterocycles. The molecule has 13 heavy (non-hydrogen) atoms. The third kappa shape index (κ3) is 3.65. The number of rotatable bonds is 4. The molecule has 1 unspecified atom stereocenters. The van der Waals surface area contributed by atoms with E-state index in [2.05, 4.69) is 19.0 Å². The molecule has 1 saturated carbocycles. The molecule has 0 aromatic carbocycles. The Morgan fingerprint density at radius 1 is 1.23 bits per heavy atom. The lowest BCUT2D eigenvalue weighted by molar-refractivity contribution is 0.204. The Morgan fingerprint density at radius 3 is 2.31 bits per heavy atom. The van der Waals surface area contributed by atoms with Crippen molar-refractivity contribution in [2.45, 2.75) is 32.1 Å². The van der Waals surface area contributed by atoms with Gasteiger partial charge in [-0.25, -0.2) is 0 Å². The zero-order valence-electron chi connectivity index (χ0n) is 9.13. The molecular weight excluding hydrogens is 160 g/mol. The smallest absolute Gasteiger partial charge is 0.00183 e. The first-order valence-corrected chi connectivity index (χ1v) is 5.59. The lowest BCUT2D eigenvalue weighted by Gasteiger charge is -2.31. The van der Waals surface area contributed by atoms with Gasteiger partial charge in [-0.2, -0.15) is 0 Å². The van der Waals surface area contributed by atoms with Gasteiger partial charge in [0.2, 0.25) is 0 Å². The average molecular weight is 184 g/mol. The minimum atomic E-state index is 0.732. The van der Waals surface area contributed by atoms with Gasteiger partial charge in [-0.15, -0.1) is 0 Å². The van der Waals surface area contributed by atoms with Crippen molar-refractivity contribution in [2.24, 2.45) is 17.6 Å². The second-order valence-electron chi connectivity index (χ2n) is 4.66. The van der Waals surface area contributed by atoms with Crippen molar-refractivity contribution in [3.05, 3.63) is 0 Å². The van der Waals surface area contributed by atoms with Crippen LogP contribution in [0.1, 0.15) is 32.1 Å². The van der Waals surface area contributed by atoms with Crippen LogP contribution >= 0.6 is 0 Å². The Balaban J connectivity index is 2.34. The first kappa shape index (κ1) is 11.0. The van der Waals surface area contributed by atoms with Gasteiger partial charge < -0.3 is 10.6 Å². The summed E-state index contributed by atoms with van der Waals surface area (Å²) >= 11 is 0. The number of hydrogen-bond acceptors (Lipinski definition) is 2.